The fourth-order valence-electron chi connectivity index (χ4n) is 3.15. The van der Waals surface area contributed by atoms with E-state index in [1.165, 1.54) is 11.8 Å². The van der Waals surface area contributed by atoms with Crippen LogP contribution in [-0.4, -0.2) is 17.6 Å². The van der Waals surface area contributed by atoms with Crippen molar-refractivity contribution in [2.75, 3.05) is 16.4 Å². The third kappa shape index (κ3) is 6.88. The number of halogens is 1. The van der Waals surface area contributed by atoms with Gasteiger partial charge in [-0.3, -0.25) is 9.59 Å². The van der Waals surface area contributed by atoms with Crippen LogP contribution in [-0.2, 0) is 22.4 Å². The first kappa shape index (κ1) is 22.9. The molecule has 0 unspecified atom stereocenters. The lowest BCUT2D eigenvalue weighted by atomic mass is 10.1. The highest BCUT2D eigenvalue weighted by Crippen LogP contribution is 2.24. The number of carbonyl (C=O) groups excluding carboxylic acids is 2. The standard InChI is InChI=1S/C25H25ClN2O2S/c1-3-19-6-4-5-17(2)25(19)28-24(30)16-31-22-13-11-21(12-14-22)27-23(29)15-18-7-9-20(26)10-8-18/h4-14H,3,15-16H2,1-2H3,(H,27,29)(H,28,30). The van der Waals surface area contributed by atoms with Gasteiger partial charge in [-0.25, -0.2) is 0 Å². The maximum absolute atomic E-state index is 12.4. The zero-order valence-electron chi connectivity index (χ0n) is 17.6. The van der Waals surface area contributed by atoms with Crippen LogP contribution in [0.15, 0.2) is 71.6 Å². The molecule has 2 amide bonds. The Bertz CT molecular complexity index is 1050. The summed E-state index contributed by atoms with van der Waals surface area (Å²) in [5.41, 5.74) is 4.74. The van der Waals surface area contributed by atoms with E-state index in [4.69, 9.17) is 11.6 Å². The maximum atomic E-state index is 12.4. The van der Waals surface area contributed by atoms with E-state index < -0.39 is 0 Å². The molecule has 3 aromatic rings. The Morgan fingerprint density at radius 2 is 1.61 bits per heavy atom. The molecule has 3 aromatic carbocycles. The summed E-state index contributed by atoms with van der Waals surface area (Å²) in [6.45, 7) is 4.08. The molecular weight excluding hydrogens is 428 g/mol. The number of nitrogens with one attached hydrogen (secondary N) is 2. The summed E-state index contributed by atoms with van der Waals surface area (Å²) in [6.07, 6.45) is 1.15. The monoisotopic (exact) mass is 452 g/mol. The number of rotatable bonds is 8. The lowest BCUT2D eigenvalue weighted by Crippen LogP contribution is -2.16. The first-order valence-electron chi connectivity index (χ1n) is 10.1. The molecule has 0 saturated heterocycles. The van der Waals surface area contributed by atoms with E-state index in [9.17, 15) is 9.59 Å². The van der Waals surface area contributed by atoms with E-state index in [1.807, 2.05) is 61.5 Å². The third-order valence-electron chi connectivity index (χ3n) is 4.79. The fraction of sp³-hybridized carbons (Fsp3) is 0.200. The van der Waals surface area contributed by atoms with Crippen LogP contribution in [0.1, 0.15) is 23.6 Å². The summed E-state index contributed by atoms with van der Waals surface area (Å²) in [6, 6.07) is 20.8. The van der Waals surface area contributed by atoms with Gasteiger partial charge < -0.3 is 10.6 Å². The summed E-state index contributed by atoms with van der Waals surface area (Å²) in [7, 11) is 0. The molecule has 160 valence electrons. The highest BCUT2D eigenvalue weighted by atomic mass is 35.5. The molecule has 0 atom stereocenters. The van der Waals surface area contributed by atoms with Gasteiger partial charge in [0, 0.05) is 21.3 Å². The third-order valence-corrected chi connectivity index (χ3v) is 6.05. The van der Waals surface area contributed by atoms with E-state index in [2.05, 4.69) is 17.6 Å². The molecule has 6 heteroatoms. The van der Waals surface area contributed by atoms with Crippen LogP contribution in [0, 0.1) is 6.92 Å². The van der Waals surface area contributed by atoms with Crippen LogP contribution in [0.4, 0.5) is 11.4 Å². The molecule has 0 aliphatic rings. The van der Waals surface area contributed by atoms with E-state index in [0.29, 0.717) is 10.8 Å². The van der Waals surface area contributed by atoms with Crippen LogP contribution < -0.4 is 10.6 Å². The van der Waals surface area contributed by atoms with Crippen LogP contribution in [0.3, 0.4) is 0 Å². The minimum atomic E-state index is -0.0907. The van der Waals surface area contributed by atoms with Crippen molar-refractivity contribution in [1.29, 1.82) is 0 Å². The van der Waals surface area contributed by atoms with Crippen molar-refractivity contribution in [2.45, 2.75) is 31.6 Å². The van der Waals surface area contributed by atoms with Gasteiger partial charge in [-0.05, 0) is 66.4 Å². The first-order valence-corrected chi connectivity index (χ1v) is 11.5. The van der Waals surface area contributed by atoms with Gasteiger partial charge >= 0.3 is 0 Å². The molecule has 2 N–H and O–H groups in total. The molecule has 3 rings (SSSR count). The number of hydrogen-bond acceptors (Lipinski definition) is 3. The first-order chi connectivity index (χ1) is 14.9. The van der Waals surface area contributed by atoms with Crippen LogP contribution in [0.25, 0.3) is 0 Å². The molecule has 0 fully saturated rings. The minimum Gasteiger partial charge on any atom is -0.326 e. The van der Waals surface area contributed by atoms with Gasteiger partial charge in [-0.1, -0.05) is 48.9 Å². The van der Waals surface area contributed by atoms with Crippen molar-refractivity contribution in [1.82, 2.24) is 0 Å². The SMILES string of the molecule is CCc1cccc(C)c1NC(=O)CSc1ccc(NC(=O)Cc2ccc(Cl)cc2)cc1. The van der Waals surface area contributed by atoms with Gasteiger partial charge in [0.15, 0.2) is 0 Å². The number of aryl methyl sites for hydroxylation is 2. The lowest BCUT2D eigenvalue weighted by molar-refractivity contribution is -0.115. The Kier molecular flexibility index (Phi) is 8.15. The number of anilines is 2. The molecule has 4 nitrogen and oxygen atoms in total. The Labute approximate surface area is 192 Å². The predicted molar refractivity (Wildman–Crippen MR) is 130 cm³/mol. The highest BCUT2D eigenvalue weighted by Gasteiger charge is 2.10. The number of thioether (sulfide) groups is 1. The lowest BCUT2D eigenvalue weighted by Gasteiger charge is -2.13. The van der Waals surface area contributed by atoms with Gasteiger partial charge in [0.05, 0.1) is 12.2 Å². The van der Waals surface area contributed by atoms with Crippen LogP contribution in [0.5, 0.6) is 0 Å². The van der Waals surface area contributed by atoms with Crippen LogP contribution in [0.2, 0.25) is 5.02 Å². The van der Waals surface area contributed by atoms with Gasteiger partial charge in [0.1, 0.15) is 0 Å². The predicted octanol–water partition coefficient (Wildman–Crippen LogP) is 6.12. The topological polar surface area (TPSA) is 58.2 Å². The molecule has 0 saturated carbocycles. The zero-order valence-corrected chi connectivity index (χ0v) is 19.1. The van der Waals surface area contributed by atoms with E-state index in [1.54, 1.807) is 12.1 Å². The summed E-state index contributed by atoms with van der Waals surface area (Å²) < 4.78 is 0. The Morgan fingerprint density at radius 1 is 0.903 bits per heavy atom. The quantitative estimate of drug-likeness (QED) is 0.404. The van der Waals surface area contributed by atoms with E-state index >= 15 is 0 Å². The summed E-state index contributed by atoms with van der Waals surface area (Å²) in [5, 5.41) is 6.58. The van der Waals surface area contributed by atoms with Crippen molar-refractivity contribution in [3.05, 3.63) is 88.4 Å². The van der Waals surface area contributed by atoms with E-state index in [0.717, 1.165) is 39.4 Å². The molecule has 0 spiro atoms. The Hall–Kier alpha value is -2.76. The number of amides is 2. The van der Waals surface area contributed by atoms with Crippen molar-refractivity contribution >= 4 is 46.6 Å². The molecule has 0 aliphatic carbocycles. The van der Waals surface area contributed by atoms with Crippen LogP contribution >= 0.6 is 23.4 Å². The van der Waals surface area contributed by atoms with Gasteiger partial charge in [0.25, 0.3) is 0 Å². The molecule has 0 aromatic heterocycles. The average Bonchev–Trinajstić information content (AvgIpc) is 2.76. The Morgan fingerprint density at radius 3 is 2.29 bits per heavy atom. The smallest absolute Gasteiger partial charge is 0.234 e. The second-order valence-corrected chi connectivity index (χ2v) is 8.66. The van der Waals surface area contributed by atoms with Crippen molar-refractivity contribution in [3.63, 3.8) is 0 Å². The fourth-order valence-corrected chi connectivity index (χ4v) is 3.98. The second kappa shape index (κ2) is 11.0. The number of para-hydroxylation sites is 1. The largest absolute Gasteiger partial charge is 0.326 e. The summed E-state index contributed by atoms with van der Waals surface area (Å²) in [5.74, 6) is 0.196. The van der Waals surface area contributed by atoms with Gasteiger partial charge in [-0.2, -0.15) is 0 Å². The number of hydrogen-bond donors (Lipinski definition) is 2. The number of carbonyl (C=O) groups is 2. The molecular formula is C25H25ClN2O2S. The summed E-state index contributed by atoms with van der Waals surface area (Å²) in [4.78, 5) is 25.6. The molecule has 0 aliphatic heterocycles. The van der Waals surface area contributed by atoms with Crippen molar-refractivity contribution in [2.24, 2.45) is 0 Å². The molecule has 0 radical (unpaired) electrons. The highest BCUT2D eigenvalue weighted by molar-refractivity contribution is 8.00. The van der Waals surface area contributed by atoms with E-state index in [-0.39, 0.29) is 18.2 Å². The second-order valence-electron chi connectivity index (χ2n) is 7.18. The molecule has 31 heavy (non-hydrogen) atoms. The van der Waals surface area contributed by atoms with Crippen molar-refractivity contribution < 1.29 is 9.59 Å². The van der Waals surface area contributed by atoms with Gasteiger partial charge in [-0.15, -0.1) is 11.8 Å². The molecule has 0 heterocycles. The van der Waals surface area contributed by atoms with Gasteiger partial charge in [0.2, 0.25) is 11.8 Å². The normalized spacial score (nSPS) is 10.5. The summed E-state index contributed by atoms with van der Waals surface area (Å²) >= 11 is 7.33. The number of benzene rings is 3. The minimum absolute atomic E-state index is 0.0330. The zero-order chi connectivity index (χ0) is 22.2. The Balaban J connectivity index is 1.49. The maximum Gasteiger partial charge on any atom is 0.234 e. The average molecular weight is 453 g/mol. The molecule has 0 bridgehead atoms. The van der Waals surface area contributed by atoms with Crippen molar-refractivity contribution in [3.8, 4) is 0 Å².